The van der Waals surface area contributed by atoms with Gasteiger partial charge in [0.1, 0.15) is 5.75 Å². The van der Waals surface area contributed by atoms with Crippen molar-refractivity contribution in [2.24, 2.45) is 0 Å². The van der Waals surface area contributed by atoms with Gasteiger partial charge in [-0.3, -0.25) is 4.79 Å². The second-order valence-corrected chi connectivity index (χ2v) is 5.97. The number of nitrogens with zero attached hydrogens (tertiary/aromatic N) is 2. The summed E-state index contributed by atoms with van der Waals surface area (Å²) >= 11 is 0. The van der Waals surface area contributed by atoms with Crippen LogP contribution in [0.3, 0.4) is 0 Å². The maximum Gasteiger partial charge on any atom is 0.257 e. The van der Waals surface area contributed by atoms with Gasteiger partial charge in [-0.05, 0) is 12.1 Å². The molecule has 0 atom stereocenters. The van der Waals surface area contributed by atoms with Gasteiger partial charge in [-0.25, -0.2) is 0 Å². The van der Waals surface area contributed by atoms with Crippen LogP contribution in [0.25, 0.3) is 0 Å². The molecule has 6 nitrogen and oxygen atoms in total. The molecule has 0 saturated heterocycles. The second kappa shape index (κ2) is 7.06. The first-order valence-electron chi connectivity index (χ1n) is 7.23. The molecule has 0 bridgehead atoms. The number of ether oxygens (including phenoxy) is 1. The standard InChI is InChI=1S/C16H21N3O3/c1-16(2,3)15-18-13(19-22-15)9-10-17-14(20)11-21-12-7-5-4-6-8-12/h4-8H,9-11H2,1-3H3,(H,17,20). The van der Waals surface area contributed by atoms with Gasteiger partial charge in [-0.1, -0.05) is 44.1 Å². The van der Waals surface area contributed by atoms with E-state index in [-0.39, 0.29) is 17.9 Å². The van der Waals surface area contributed by atoms with Crippen molar-refractivity contribution in [3.8, 4) is 5.75 Å². The SMILES string of the molecule is CC(C)(C)c1nc(CCNC(=O)COc2ccccc2)no1. The molecule has 0 unspecified atom stereocenters. The zero-order chi connectivity index (χ0) is 16.0. The molecule has 1 N–H and O–H groups in total. The average molecular weight is 303 g/mol. The molecule has 0 aliphatic heterocycles. The van der Waals surface area contributed by atoms with Gasteiger partial charge in [0.15, 0.2) is 12.4 Å². The van der Waals surface area contributed by atoms with Crippen molar-refractivity contribution in [2.75, 3.05) is 13.2 Å². The predicted molar refractivity (Wildman–Crippen MR) is 81.6 cm³/mol. The molecule has 2 rings (SSSR count). The largest absolute Gasteiger partial charge is 0.484 e. The molecule has 0 fully saturated rings. The maximum absolute atomic E-state index is 11.7. The molecule has 118 valence electrons. The number of rotatable bonds is 6. The third-order valence-electron chi connectivity index (χ3n) is 2.89. The Morgan fingerprint density at radius 1 is 1.27 bits per heavy atom. The smallest absolute Gasteiger partial charge is 0.257 e. The van der Waals surface area contributed by atoms with Gasteiger partial charge >= 0.3 is 0 Å². The van der Waals surface area contributed by atoms with Crippen LogP contribution in [0.4, 0.5) is 0 Å². The van der Waals surface area contributed by atoms with Crippen molar-refractivity contribution in [1.82, 2.24) is 15.5 Å². The molecule has 22 heavy (non-hydrogen) atoms. The van der Waals surface area contributed by atoms with Crippen LogP contribution in [0.2, 0.25) is 0 Å². The van der Waals surface area contributed by atoms with Crippen LogP contribution in [0, 0.1) is 0 Å². The van der Waals surface area contributed by atoms with Crippen molar-refractivity contribution < 1.29 is 14.1 Å². The molecule has 0 aliphatic rings. The summed E-state index contributed by atoms with van der Waals surface area (Å²) in [5, 5.41) is 6.67. The Balaban J connectivity index is 1.70. The fourth-order valence-corrected chi connectivity index (χ4v) is 1.69. The first-order chi connectivity index (χ1) is 10.4. The first-order valence-corrected chi connectivity index (χ1v) is 7.23. The number of carbonyl (C=O) groups excluding carboxylic acids is 1. The third kappa shape index (κ3) is 4.87. The number of aromatic nitrogens is 2. The van der Waals surface area contributed by atoms with E-state index in [0.717, 1.165) is 0 Å². The Morgan fingerprint density at radius 3 is 2.64 bits per heavy atom. The Kier molecular flexibility index (Phi) is 5.14. The summed E-state index contributed by atoms with van der Waals surface area (Å²) in [5.74, 6) is 1.68. The van der Waals surface area contributed by atoms with Crippen molar-refractivity contribution in [1.29, 1.82) is 0 Å². The fraction of sp³-hybridized carbons (Fsp3) is 0.438. The molecule has 1 amide bonds. The highest BCUT2D eigenvalue weighted by atomic mass is 16.5. The molecular weight excluding hydrogens is 282 g/mol. The molecule has 1 aromatic carbocycles. The molecule has 0 spiro atoms. The molecule has 1 heterocycles. The topological polar surface area (TPSA) is 77.2 Å². The van der Waals surface area contributed by atoms with E-state index >= 15 is 0 Å². The highest BCUT2D eigenvalue weighted by molar-refractivity contribution is 5.77. The van der Waals surface area contributed by atoms with E-state index in [2.05, 4.69) is 15.5 Å². The van der Waals surface area contributed by atoms with Crippen LogP contribution < -0.4 is 10.1 Å². The monoisotopic (exact) mass is 303 g/mol. The lowest BCUT2D eigenvalue weighted by atomic mass is 9.97. The highest BCUT2D eigenvalue weighted by Gasteiger charge is 2.21. The van der Waals surface area contributed by atoms with Gasteiger partial charge in [0, 0.05) is 18.4 Å². The van der Waals surface area contributed by atoms with Crippen LogP contribution in [-0.4, -0.2) is 29.2 Å². The zero-order valence-electron chi connectivity index (χ0n) is 13.1. The van der Waals surface area contributed by atoms with E-state index < -0.39 is 0 Å². The minimum atomic E-state index is -0.177. The van der Waals surface area contributed by atoms with Gasteiger partial charge in [0.2, 0.25) is 5.89 Å². The number of nitrogens with one attached hydrogen (secondary N) is 1. The lowest BCUT2D eigenvalue weighted by Gasteiger charge is -2.10. The summed E-state index contributed by atoms with van der Waals surface area (Å²) in [6.07, 6.45) is 0.524. The van der Waals surface area contributed by atoms with Gasteiger partial charge in [0.25, 0.3) is 5.91 Å². The molecule has 0 saturated carbocycles. The van der Waals surface area contributed by atoms with Crippen LogP contribution in [0.15, 0.2) is 34.9 Å². The average Bonchev–Trinajstić information content (AvgIpc) is 2.95. The number of carbonyl (C=O) groups is 1. The quantitative estimate of drug-likeness (QED) is 0.884. The Hall–Kier alpha value is -2.37. The van der Waals surface area contributed by atoms with E-state index in [9.17, 15) is 4.79 Å². The zero-order valence-corrected chi connectivity index (χ0v) is 13.1. The molecule has 6 heteroatoms. The van der Waals surface area contributed by atoms with Crippen LogP contribution >= 0.6 is 0 Å². The van der Waals surface area contributed by atoms with E-state index in [1.807, 2.05) is 39.0 Å². The molecule has 1 aromatic heterocycles. The summed E-state index contributed by atoms with van der Waals surface area (Å²) in [4.78, 5) is 16.0. The molecular formula is C16H21N3O3. The normalized spacial score (nSPS) is 11.2. The minimum absolute atomic E-state index is 0.0104. The van der Waals surface area contributed by atoms with Crippen LogP contribution in [0.5, 0.6) is 5.75 Å². The van der Waals surface area contributed by atoms with Crippen LogP contribution in [0.1, 0.15) is 32.5 Å². The van der Waals surface area contributed by atoms with E-state index in [4.69, 9.17) is 9.26 Å². The van der Waals surface area contributed by atoms with Crippen molar-refractivity contribution in [3.05, 3.63) is 42.0 Å². The Morgan fingerprint density at radius 2 is 2.00 bits per heavy atom. The highest BCUT2D eigenvalue weighted by Crippen LogP contribution is 2.19. The van der Waals surface area contributed by atoms with Crippen LogP contribution in [-0.2, 0) is 16.6 Å². The summed E-state index contributed by atoms with van der Waals surface area (Å²) in [6, 6.07) is 9.22. The van der Waals surface area contributed by atoms with Crippen molar-refractivity contribution in [3.63, 3.8) is 0 Å². The summed E-state index contributed by atoms with van der Waals surface area (Å²) in [6.45, 7) is 6.45. The van der Waals surface area contributed by atoms with E-state index in [1.54, 1.807) is 12.1 Å². The third-order valence-corrected chi connectivity index (χ3v) is 2.89. The van der Waals surface area contributed by atoms with E-state index in [0.29, 0.717) is 30.4 Å². The second-order valence-electron chi connectivity index (χ2n) is 5.97. The lowest BCUT2D eigenvalue weighted by Crippen LogP contribution is -2.30. The minimum Gasteiger partial charge on any atom is -0.484 e. The summed E-state index contributed by atoms with van der Waals surface area (Å²) in [5.41, 5.74) is -0.169. The number of amides is 1. The summed E-state index contributed by atoms with van der Waals surface area (Å²) < 4.78 is 10.6. The number of hydrogen-bond donors (Lipinski definition) is 1. The number of hydrogen-bond acceptors (Lipinski definition) is 5. The predicted octanol–water partition coefficient (Wildman–Crippen LogP) is 2.10. The van der Waals surface area contributed by atoms with Gasteiger partial charge in [-0.15, -0.1) is 0 Å². The molecule has 2 aromatic rings. The van der Waals surface area contributed by atoms with Gasteiger partial charge < -0.3 is 14.6 Å². The van der Waals surface area contributed by atoms with Gasteiger partial charge in [-0.2, -0.15) is 4.98 Å². The fourth-order valence-electron chi connectivity index (χ4n) is 1.69. The molecule has 0 radical (unpaired) electrons. The number of para-hydroxylation sites is 1. The van der Waals surface area contributed by atoms with Crippen molar-refractivity contribution in [2.45, 2.75) is 32.6 Å². The van der Waals surface area contributed by atoms with E-state index in [1.165, 1.54) is 0 Å². The maximum atomic E-state index is 11.7. The first kappa shape index (κ1) is 16.0. The Labute approximate surface area is 129 Å². The van der Waals surface area contributed by atoms with Gasteiger partial charge in [0.05, 0.1) is 0 Å². The number of benzene rings is 1. The van der Waals surface area contributed by atoms with Crippen molar-refractivity contribution >= 4 is 5.91 Å². The lowest BCUT2D eigenvalue weighted by molar-refractivity contribution is -0.123. The Bertz CT molecular complexity index is 603. The molecule has 0 aliphatic carbocycles. The summed E-state index contributed by atoms with van der Waals surface area (Å²) in [7, 11) is 0.